The maximum Gasteiger partial charge on any atom is 0.417 e. The van der Waals surface area contributed by atoms with E-state index in [4.69, 9.17) is 5.73 Å². The van der Waals surface area contributed by atoms with E-state index in [2.05, 4.69) is 0 Å². The maximum atomic E-state index is 13.9. The Morgan fingerprint density at radius 1 is 1.21 bits per heavy atom. The SMILES string of the molecule is NC(=O)CC1CCCN(C(=O)c2c(F)cccc2C(F)(F)F)CC1. The number of amides is 2. The van der Waals surface area contributed by atoms with Crippen LogP contribution in [0, 0.1) is 11.7 Å². The maximum absolute atomic E-state index is 13.9. The summed E-state index contributed by atoms with van der Waals surface area (Å²) in [5.74, 6) is -2.62. The number of hydrogen-bond acceptors (Lipinski definition) is 2. The standard InChI is InChI=1S/C16H18F4N2O2/c17-12-5-1-4-11(16(18,19)20)14(12)15(24)22-7-2-3-10(6-8-22)9-13(21)23/h1,4-5,10H,2-3,6-9H2,(H2,21,23). The van der Waals surface area contributed by atoms with E-state index in [1.54, 1.807) is 0 Å². The first kappa shape index (κ1) is 18.2. The molecular weight excluding hydrogens is 328 g/mol. The number of likely N-dealkylation sites (tertiary alicyclic amines) is 1. The summed E-state index contributed by atoms with van der Waals surface area (Å²) in [5, 5.41) is 0. The van der Waals surface area contributed by atoms with Gasteiger partial charge < -0.3 is 10.6 Å². The molecule has 2 amide bonds. The van der Waals surface area contributed by atoms with Gasteiger partial charge in [-0.05, 0) is 37.3 Å². The molecule has 4 nitrogen and oxygen atoms in total. The Bertz CT molecular complexity index is 631. The highest BCUT2D eigenvalue weighted by molar-refractivity contribution is 5.96. The number of alkyl halides is 3. The summed E-state index contributed by atoms with van der Waals surface area (Å²) in [7, 11) is 0. The van der Waals surface area contributed by atoms with Crippen molar-refractivity contribution in [2.24, 2.45) is 11.7 Å². The van der Waals surface area contributed by atoms with Crippen molar-refractivity contribution >= 4 is 11.8 Å². The van der Waals surface area contributed by atoms with Crippen LogP contribution in [-0.2, 0) is 11.0 Å². The molecule has 0 radical (unpaired) electrons. The van der Waals surface area contributed by atoms with Gasteiger partial charge >= 0.3 is 6.18 Å². The third kappa shape index (κ3) is 4.24. The fourth-order valence-corrected chi connectivity index (χ4v) is 2.99. The first-order chi connectivity index (χ1) is 11.2. The Labute approximate surface area is 136 Å². The molecule has 0 bridgehead atoms. The normalized spacial score (nSPS) is 19.0. The van der Waals surface area contributed by atoms with E-state index < -0.39 is 34.9 Å². The minimum absolute atomic E-state index is 0.0111. The molecule has 1 heterocycles. The van der Waals surface area contributed by atoms with Crippen molar-refractivity contribution in [2.75, 3.05) is 13.1 Å². The molecule has 8 heteroatoms. The summed E-state index contributed by atoms with van der Waals surface area (Å²) in [6.07, 6.45) is -3.01. The van der Waals surface area contributed by atoms with E-state index in [9.17, 15) is 27.2 Å². The molecule has 1 saturated heterocycles. The molecule has 24 heavy (non-hydrogen) atoms. The summed E-state index contributed by atoms with van der Waals surface area (Å²) in [6, 6.07) is 2.47. The van der Waals surface area contributed by atoms with Crippen LogP contribution in [-0.4, -0.2) is 29.8 Å². The van der Waals surface area contributed by atoms with Crippen molar-refractivity contribution in [3.8, 4) is 0 Å². The van der Waals surface area contributed by atoms with Gasteiger partial charge in [0.25, 0.3) is 5.91 Å². The lowest BCUT2D eigenvalue weighted by atomic mass is 9.97. The summed E-state index contributed by atoms with van der Waals surface area (Å²) >= 11 is 0. The molecule has 2 rings (SSSR count). The van der Waals surface area contributed by atoms with E-state index >= 15 is 0 Å². The molecule has 132 valence electrons. The van der Waals surface area contributed by atoms with Gasteiger partial charge in [0.1, 0.15) is 5.82 Å². The van der Waals surface area contributed by atoms with Crippen molar-refractivity contribution < 1.29 is 27.2 Å². The van der Waals surface area contributed by atoms with E-state index in [1.807, 2.05) is 0 Å². The Morgan fingerprint density at radius 2 is 1.92 bits per heavy atom. The second kappa shape index (κ2) is 7.19. The Balaban J connectivity index is 2.22. The molecule has 0 spiro atoms. The van der Waals surface area contributed by atoms with Crippen LogP contribution in [0.2, 0.25) is 0 Å². The predicted molar refractivity (Wildman–Crippen MR) is 78.5 cm³/mol. The average molecular weight is 346 g/mol. The number of rotatable bonds is 3. The van der Waals surface area contributed by atoms with Gasteiger partial charge in [-0.15, -0.1) is 0 Å². The molecule has 1 aliphatic heterocycles. The summed E-state index contributed by atoms with van der Waals surface area (Å²) in [5.41, 5.74) is 2.93. The average Bonchev–Trinajstić information content (AvgIpc) is 2.70. The van der Waals surface area contributed by atoms with Crippen molar-refractivity contribution in [1.82, 2.24) is 4.90 Å². The zero-order chi connectivity index (χ0) is 17.9. The first-order valence-electron chi connectivity index (χ1n) is 7.63. The van der Waals surface area contributed by atoms with E-state index in [0.29, 0.717) is 25.3 Å². The minimum atomic E-state index is -4.81. The Hall–Kier alpha value is -2.12. The molecule has 0 aromatic heterocycles. The molecule has 2 N–H and O–H groups in total. The highest BCUT2D eigenvalue weighted by atomic mass is 19.4. The minimum Gasteiger partial charge on any atom is -0.370 e. The van der Waals surface area contributed by atoms with Gasteiger partial charge in [-0.3, -0.25) is 9.59 Å². The van der Waals surface area contributed by atoms with E-state index in [1.165, 1.54) is 4.90 Å². The van der Waals surface area contributed by atoms with Gasteiger partial charge in [-0.25, -0.2) is 4.39 Å². The van der Waals surface area contributed by atoms with Crippen molar-refractivity contribution in [3.63, 3.8) is 0 Å². The summed E-state index contributed by atoms with van der Waals surface area (Å²) in [6.45, 7) is 0.391. The van der Waals surface area contributed by atoms with Crippen LogP contribution in [0.3, 0.4) is 0 Å². The number of nitrogens with zero attached hydrogens (tertiary/aromatic N) is 1. The molecule has 0 saturated carbocycles. The van der Waals surface area contributed by atoms with Crippen LogP contribution < -0.4 is 5.73 Å². The van der Waals surface area contributed by atoms with Crippen molar-refractivity contribution in [3.05, 3.63) is 35.1 Å². The summed E-state index contributed by atoms with van der Waals surface area (Å²) in [4.78, 5) is 24.7. The third-order valence-corrected chi connectivity index (χ3v) is 4.16. The van der Waals surface area contributed by atoms with Gasteiger partial charge in [-0.1, -0.05) is 6.07 Å². The number of primary amides is 1. The van der Waals surface area contributed by atoms with E-state index in [0.717, 1.165) is 12.1 Å². The van der Waals surface area contributed by atoms with Crippen molar-refractivity contribution in [2.45, 2.75) is 31.9 Å². The Kier molecular flexibility index (Phi) is 5.46. The molecule has 1 unspecified atom stereocenters. The van der Waals surface area contributed by atoms with Crippen LogP contribution in [0.1, 0.15) is 41.6 Å². The van der Waals surface area contributed by atoms with Gasteiger partial charge in [0.15, 0.2) is 0 Å². The number of hydrogen-bond donors (Lipinski definition) is 1. The third-order valence-electron chi connectivity index (χ3n) is 4.16. The Morgan fingerprint density at radius 3 is 2.54 bits per heavy atom. The molecule has 1 atom stereocenters. The van der Waals surface area contributed by atoms with E-state index in [-0.39, 0.29) is 25.4 Å². The molecular formula is C16H18F4N2O2. The molecule has 0 aliphatic carbocycles. The van der Waals surface area contributed by atoms with Crippen LogP contribution in [0.15, 0.2) is 18.2 Å². The number of nitrogens with two attached hydrogens (primary N) is 1. The van der Waals surface area contributed by atoms with Crippen LogP contribution in [0.4, 0.5) is 17.6 Å². The van der Waals surface area contributed by atoms with Gasteiger partial charge in [0.2, 0.25) is 5.91 Å². The topological polar surface area (TPSA) is 63.4 Å². The lowest BCUT2D eigenvalue weighted by Gasteiger charge is -2.23. The van der Waals surface area contributed by atoms with Gasteiger partial charge in [0, 0.05) is 19.5 Å². The number of carbonyl (C=O) groups is 2. The quantitative estimate of drug-likeness (QED) is 0.856. The monoisotopic (exact) mass is 346 g/mol. The van der Waals surface area contributed by atoms with Gasteiger partial charge in [-0.2, -0.15) is 13.2 Å². The molecule has 1 fully saturated rings. The zero-order valence-corrected chi connectivity index (χ0v) is 12.9. The molecule has 1 aromatic carbocycles. The van der Waals surface area contributed by atoms with Crippen molar-refractivity contribution in [1.29, 1.82) is 0 Å². The van der Waals surface area contributed by atoms with Crippen LogP contribution >= 0.6 is 0 Å². The number of halogens is 4. The second-order valence-corrected chi connectivity index (χ2v) is 5.92. The number of benzene rings is 1. The lowest BCUT2D eigenvalue weighted by Crippen LogP contribution is -2.34. The lowest BCUT2D eigenvalue weighted by molar-refractivity contribution is -0.138. The zero-order valence-electron chi connectivity index (χ0n) is 12.9. The molecule has 1 aliphatic rings. The van der Waals surface area contributed by atoms with Crippen LogP contribution in [0.5, 0.6) is 0 Å². The number of carbonyl (C=O) groups excluding carboxylic acids is 2. The fourth-order valence-electron chi connectivity index (χ4n) is 2.99. The summed E-state index contributed by atoms with van der Waals surface area (Å²) < 4.78 is 53.1. The molecule has 1 aromatic rings. The predicted octanol–water partition coefficient (Wildman–Crippen LogP) is 2.96. The largest absolute Gasteiger partial charge is 0.417 e. The highest BCUT2D eigenvalue weighted by Crippen LogP contribution is 2.34. The second-order valence-electron chi connectivity index (χ2n) is 5.92. The highest BCUT2D eigenvalue weighted by Gasteiger charge is 2.38. The first-order valence-corrected chi connectivity index (χ1v) is 7.63. The van der Waals surface area contributed by atoms with Crippen LogP contribution in [0.25, 0.3) is 0 Å². The van der Waals surface area contributed by atoms with Gasteiger partial charge in [0.05, 0.1) is 11.1 Å². The fraction of sp³-hybridized carbons (Fsp3) is 0.500. The smallest absolute Gasteiger partial charge is 0.370 e.